The number of rotatable bonds is 10. The third-order valence-electron chi connectivity index (χ3n) is 3.57. The van der Waals surface area contributed by atoms with Crippen molar-refractivity contribution in [2.45, 2.75) is 52.0 Å². The largest absolute Gasteiger partial charge is 0.481 e. The summed E-state index contributed by atoms with van der Waals surface area (Å²) in [6, 6.07) is 0.347. The van der Waals surface area contributed by atoms with E-state index in [-0.39, 0.29) is 18.4 Å². The molecule has 1 amide bonds. The molecule has 1 heterocycles. The highest BCUT2D eigenvalue weighted by molar-refractivity contribution is 6.08. The number of ketones is 1. The molecule has 0 spiro atoms. The van der Waals surface area contributed by atoms with E-state index in [0.29, 0.717) is 6.42 Å². The number of aromatic carboxylic acids is 1. The average Bonchev–Trinajstić information content (AvgIpc) is 2.55. The average molecular weight is 350 g/mol. The van der Waals surface area contributed by atoms with Gasteiger partial charge in [-0.05, 0) is 30.9 Å². The lowest BCUT2D eigenvalue weighted by Gasteiger charge is -2.17. The summed E-state index contributed by atoms with van der Waals surface area (Å²) in [5.41, 5.74) is 0.191. The zero-order valence-corrected chi connectivity index (χ0v) is 14.2. The van der Waals surface area contributed by atoms with E-state index in [2.05, 4.69) is 10.3 Å². The SMILES string of the molecule is CCCCc1cnc(C(=O)O)c(C(=O)[C@H](CCC(=O)O)NC(C)=O)c1. The smallest absolute Gasteiger partial charge is 0.355 e. The van der Waals surface area contributed by atoms with Crippen LogP contribution in [0, 0.1) is 0 Å². The second-order valence-corrected chi connectivity index (χ2v) is 5.70. The molecule has 0 bridgehead atoms. The summed E-state index contributed by atoms with van der Waals surface area (Å²) in [4.78, 5) is 50.0. The number of amides is 1. The molecule has 0 aromatic carbocycles. The van der Waals surface area contributed by atoms with Crippen LogP contribution in [-0.4, -0.2) is 44.9 Å². The first-order chi connectivity index (χ1) is 11.8. The topological polar surface area (TPSA) is 134 Å². The van der Waals surface area contributed by atoms with E-state index < -0.39 is 35.4 Å². The van der Waals surface area contributed by atoms with E-state index in [0.717, 1.165) is 18.4 Å². The number of aryl methyl sites for hydroxylation is 1. The monoisotopic (exact) mass is 350 g/mol. The lowest BCUT2D eigenvalue weighted by atomic mass is 9.96. The van der Waals surface area contributed by atoms with Crippen LogP contribution in [0.15, 0.2) is 12.3 Å². The molecular weight excluding hydrogens is 328 g/mol. The summed E-state index contributed by atoms with van der Waals surface area (Å²) in [6.45, 7) is 3.21. The lowest BCUT2D eigenvalue weighted by molar-refractivity contribution is -0.137. The number of hydrogen-bond donors (Lipinski definition) is 3. The molecule has 1 rings (SSSR count). The molecule has 0 saturated carbocycles. The van der Waals surface area contributed by atoms with Crippen LogP contribution in [0.3, 0.4) is 0 Å². The maximum absolute atomic E-state index is 12.7. The van der Waals surface area contributed by atoms with Gasteiger partial charge in [-0.1, -0.05) is 13.3 Å². The van der Waals surface area contributed by atoms with Crippen LogP contribution >= 0.6 is 0 Å². The van der Waals surface area contributed by atoms with Crippen LogP contribution in [0.25, 0.3) is 0 Å². The van der Waals surface area contributed by atoms with Crippen molar-refractivity contribution in [3.05, 3.63) is 29.1 Å². The Balaban J connectivity index is 3.20. The number of pyridine rings is 1. The molecule has 0 radical (unpaired) electrons. The third kappa shape index (κ3) is 6.33. The van der Waals surface area contributed by atoms with E-state index in [9.17, 15) is 24.3 Å². The highest BCUT2D eigenvalue weighted by Gasteiger charge is 2.27. The first-order valence-electron chi connectivity index (χ1n) is 8.01. The quantitative estimate of drug-likeness (QED) is 0.546. The Morgan fingerprint density at radius 3 is 2.44 bits per heavy atom. The van der Waals surface area contributed by atoms with Crippen LogP contribution < -0.4 is 5.32 Å². The van der Waals surface area contributed by atoms with Crippen LogP contribution in [0.1, 0.15) is 65.9 Å². The van der Waals surface area contributed by atoms with E-state index in [4.69, 9.17) is 5.11 Å². The minimum atomic E-state index is -1.36. The Kier molecular flexibility index (Phi) is 7.71. The maximum atomic E-state index is 12.7. The van der Waals surface area contributed by atoms with Gasteiger partial charge in [0, 0.05) is 19.5 Å². The maximum Gasteiger partial charge on any atom is 0.355 e. The van der Waals surface area contributed by atoms with Gasteiger partial charge < -0.3 is 15.5 Å². The van der Waals surface area contributed by atoms with Gasteiger partial charge in [-0.15, -0.1) is 0 Å². The van der Waals surface area contributed by atoms with Crippen molar-refractivity contribution >= 4 is 23.6 Å². The molecular formula is C17H22N2O6. The summed E-state index contributed by atoms with van der Waals surface area (Å²) in [6.07, 6.45) is 3.38. The van der Waals surface area contributed by atoms with E-state index in [1.807, 2.05) is 6.92 Å². The minimum absolute atomic E-state index is 0.120. The number of carboxylic acids is 2. The third-order valence-corrected chi connectivity index (χ3v) is 3.57. The highest BCUT2D eigenvalue weighted by atomic mass is 16.4. The number of carbonyl (C=O) groups excluding carboxylic acids is 2. The molecule has 0 saturated heterocycles. The standard InChI is InChI=1S/C17H22N2O6/c1-3-4-5-11-8-12(15(17(24)25)18-9-11)16(23)13(19-10(2)20)6-7-14(21)22/h8-9,13H,3-7H2,1-2H3,(H,19,20)(H,21,22)(H,24,25)/t13-/m0/s1. The van der Waals surface area contributed by atoms with Gasteiger partial charge in [0.1, 0.15) is 0 Å². The Labute approximate surface area is 145 Å². The van der Waals surface area contributed by atoms with Gasteiger partial charge in [-0.2, -0.15) is 0 Å². The molecule has 3 N–H and O–H groups in total. The summed E-state index contributed by atoms with van der Waals surface area (Å²) >= 11 is 0. The first-order valence-corrected chi connectivity index (χ1v) is 8.01. The van der Waals surface area contributed by atoms with Crippen molar-refractivity contribution in [1.82, 2.24) is 10.3 Å². The summed E-state index contributed by atoms with van der Waals surface area (Å²) in [7, 11) is 0. The number of nitrogens with zero attached hydrogens (tertiary/aromatic N) is 1. The van der Waals surface area contributed by atoms with Crippen LogP contribution in [0.5, 0.6) is 0 Å². The van der Waals surface area contributed by atoms with Crippen molar-refractivity contribution in [3.63, 3.8) is 0 Å². The Hall–Kier alpha value is -2.77. The number of carboxylic acid groups (broad SMARTS) is 2. The van der Waals surface area contributed by atoms with Gasteiger partial charge >= 0.3 is 11.9 Å². The molecule has 1 aromatic rings. The summed E-state index contributed by atoms with van der Waals surface area (Å²) in [5, 5.41) is 20.5. The number of aliphatic carboxylic acids is 1. The molecule has 136 valence electrons. The number of unbranched alkanes of at least 4 members (excludes halogenated alkanes) is 1. The van der Waals surface area contributed by atoms with Crippen molar-refractivity contribution in [3.8, 4) is 0 Å². The van der Waals surface area contributed by atoms with E-state index >= 15 is 0 Å². The molecule has 0 aliphatic carbocycles. The Morgan fingerprint density at radius 1 is 1.24 bits per heavy atom. The lowest BCUT2D eigenvalue weighted by Crippen LogP contribution is -2.40. The summed E-state index contributed by atoms with van der Waals surface area (Å²) < 4.78 is 0. The Morgan fingerprint density at radius 2 is 1.92 bits per heavy atom. The normalized spacial score (nSPS) is 11.6. The highest BCUT2D eigenvalue weighted by Crippen LogP contribution is 2.16. The molecule has 0 aliphatic heterocycles. The zero-order valence-electron chi connectivity index (χ0n) is 14.2. The van der Waals surface area contributed by atoms with Gasteiger partial charge in [0.15, 0.2) is 11.5 Å². The van der Waals surface area contributed by atoms with E-state index in [1.54, 1.807) is 0 Å². The van der Waals surface area contributed by atoms with E-state index in [1.165, 1.54) is 19.2 Å². The van der Waals surface area contributed by atoms with Crippen molar-refractivity contribution < 1.29 is 29.4 Å². The molecule has 0 aliphatic rings. The molecule has 8 nitrogen and oxygen atoms in total. The van der Waals surface area contributed by atoms with Gasteiger partial charge in [-0.25, -0.2) is 9.78 Å². The number of aromatic nitrogens is 1. The predicted octanol–water partition coefficient (Wildman–Crippen LogP) is 1.67. The Bertz CT molecular complexity index is 671. The molecule has 1 atom stereocenters. The van der Waals surface area contributed by atoms with Crippen LogP contribution in [0.4, 0.5) is 0 Å². The zero-order chi connectivity index (χ0) is 19.0. The second-order valence-electron chi connectivity index (χ2n) is 5.70. The fourth-order valence-corrected chi connectivity index (χ4v) is 2.35. The fraction of sp³-hybridized carbons (Fsp3) is 0.471. The predicted molar refractivity (Wildman–Crippen MR) is 88.6 cm³/mol. The number of carbonyl (C=O) groups is 4. The van der Waals surface area contributed by atoms with Gasteiger partial charge in [0.25, 0.3) is 0 Å². The number of Topliss-reactive ketones (excluding diaryl/α,β-unsaturated/α-hetero) is 1. The number of hydrogen-bond acceptors (Lipinski definition) is 5. The van der Waals surface area contributed by atoms with Crippen LogP contribution in [-0.2, 0) is 16.0 Å². The molecule has 0 unspecified atom stereocenters. The molecule has 0 fully saturated rings. The first kappa shape index (κ1) is 20.3. The van der Waals surface area contributed by atoms with Gasteiger partial charge in [0.2, 0.25) is 5.91 Å². The molecule has 8 heteroatoms. The molecule has 25 heavy (non-hydrogen) atoms. The minimum Gasteiger partial charge on any atom is -0.481 e. The van der Waals surface area contributed by atoms with Crippen molar-refractivity contribution in [1.29, 1.82) is 0 Å². The van der Waals surface area contributed by atoms with Crippen molar-refractivity contribution in [2.24, 2.45) is 0 Å². The molecule has 1 aromatic heterocycles. The summed E-state index contributed by atoms with van der Waals surface area (Å²) in [5.74, 6) is -3.63. The van der Waals surface area contributed by atoms with Crippen LogP contribution in [0.2, 0.25) is 0 Å². The second kappa shape index (κ2) is 9.51. The van der Waals surface area contributed by atoms with Crippen molar-refractivity contribution in [2.75, 3.05) is 0 Å². The number of nitrogens with one attached hydrogen (secondary N) is 1. The van der Waals surface area contributed by atoms with Gasteiger partial charge in [0.05, 0.1) is 11.6 Å². The fourth-order valence-electron chi connectivity index (χ4n) is 2.35. The van der Waals surface area contributed by atoms with Gasteiger partial charge in [-0.3, -0.25) is 14.4 Å².